The number of amides is 1. The van der Waals surface area contributed by atoms with Crippen molar-refractivity contribution >= 4 is 5.91 Å². The molecule has 1 aliphatic carbocycles. The fourth-order valence-corrected chi connectivity index (χ4v) is 2.58. The first kappa shape index (κ1) is 15.9. The van der Waals surface area contributed by atoms with Gasteiger partial charge < -0.3 is 10.6 Å². The second kappa shape index (κ2) is 7.54. The first-order chi connectivity index (χ1) is 10.1. The van der Waals surface area contributed by atoms with E-state index < -0.39 is 0 Å². The molecule has 1 aromatic heterocycles. The molecule has 118 valence electrons. The van der Waals surface area contributed by atoms with E-state index in [4.69, 9.17) is 0 Å². The maximum Gasteiger partial charge on any atom is 0.244 e. The van der Waals surface area contributed by atoms with Crippen molar-refractivity contribution in [1.29, 1.82) is 0 Å². The molecule has 21 heavy (non-hydrogen) atoms. The summed E-state index contributed by atoms with van der Waals surface area (Å²) in [6, 6.07) is 0.0348. The van der Waals surface area contributed by atoms with Crippen molar-refractivity contribution in [2.24, 2.45) is 5.92 Å². The number of nitrogens with zero attached hydrogens (tertiary/aromatic N) is 3. The minimum absolute atomic E-state index is 0.0356. The van der Waals surface area contributed by atoms with E-state index in [1.165, 1.54) is 12.8 Å². The molecule has 2 rings (SSSR count). The molecule has 0 aliphatic heterocycles. The summed E-state index contributed by atoms with van der Waals surface area (Å²) in [7, 11) is 0. The van der Waals surface area contributed by atoms with E-state index in [0.29, 0.717) is 18.5 Å². The van der Waals surface area contributed by atoms with Crippen LogP contribution in [0.1, 0.15) is 58.2 Å². The summed E-state index contributed by atoms with van der Waals surface area (Å²) in [5.74, 6) is 0.643. The van der Waals surface area contributed by atoms with Gasteiger partial charge in [0.1, 0.15) is 6.04 Å². The molecule has 1 aromatic rings. The van der Waals surface area contributed by atoms with Crippen LogP contribution >= 0.6 is 0 Å². The van der Waals surface area contributed by atoms with Gasteiger partial charge in [-0.05, 0) is 32.2 Å². The van der Waals surface area contributed by atoms with Crippen molar-refractivity contribution in [3.63, 3.8) is 0 Å². The Morgan fingerprint density at radius 3 is 2.76 bits per heavy atom. The topological polar surface area (TPSA) is 71.8 Å². The van der Waals surface area contributed by atoms with Crippen molar-refractivity contribution in [1.82, 2.24) is 25.6 Å². The van der Waals surface area contributed by atoms with Crippen LogP contribution in [0.2, 0.25) is 0 Å². The molecule has 1 saturated carbocycles. The molecule has 0 radical (unpaired) electrons. The fraction of sp³-hybridized carbons (Fsp3) is 0.800. The highest BCUT2D eigenvalue weighted by atomic mass is 16.2. The van der Waals surface area contributed by atoms with E-state index in [2.05, 4.69) is 34.8 Å². The molecule has 1 unspecified atom stereocenters. The zero-order valence-corrected chi connectivity index (χ0v) is 13.3. The highest BCUT2D eigenvalue weighted by Crippen LogP contribution is 2.18. The maximum atomic E-state index is 12.2. The summed E-state index contributed by atoms with van der Waals surface area (Å²) >= 11 is 0. The molecule has 0 saturated heterocycles. The normalized spacial score (nSPS) is 17.3. The molecule has 1 amide bonds. The highest BCUT2D eigenvalue weighted by molar-refractivity contribution is 5.80. The Bertz CT molecular complexity index is 451. The van der Waals surface area contributed by atoms with Crippen LogP contribution in [0.5, 0.6) is 0 Å². The van der Waals surface area contributed by atoms with Crippen LogP contribution in [0.15, 0.2) is 6.20 Å². The average Bonchev–Trinajstić information content (AvgIpc) is 3.09. The summed E-state index contributed by atoms with van der Waals surface area (Å²) in [5, 5.41) is 14.6. The van der Waals surface area contributed by atoms with Gasteiger partial charge in [0.25, 0.3) is 0 Å². The summed E-state index contributed by atoms with van der Waals surface area (Å²) in [6.45, 7) is 7.84. The number of hydrogen-bond donors (Lipinski definition) is 2. The van der Waals surface area contributed by atoms with Crippen LogP contribution in [0.25, 0.3) is 0 Å². The molecular formula is C15H27N5O. The van der Waals surface area contributed by atoms with Gasteiger partial charge >= 0.3 is 0 Å². The minimum Gasteiger partial charge on any atom is -0.352 e. The number of aromatic nitrogens is 3. The van der Waals surface area contributed by atoms with Gasteiger partial charge in [-0.15, -0.1) is 5.10 Å². The van der Waals surface area contributed by atoms with E-state index in [9.17, 15) is 4.79 Å². The first-order valence-corrected chi connectivity index (χ1v) is 7.98. The molecule has 1 aliphatic rings. The van der Waals surface area contributed by atoms with Crippen molar-refractivity contribution < 1.29 is 4.79 Å². The van der Waals surface area contributed by atoms with Crippen LogP contribution in [-0.4, -0.2) is 33.5 Å². The van der Waals surface area contributed by atoms with Gasteiger partial charge in [-0.1, -0.05) is 31.9 Å². The third-order valence-corrected chi connectivity index (χ3v) is 3.89. The van der Waals surface area contributed by atoms with Crippen LogP contribution in [0.4, 0.5) is 0 Å². The third-order valence-electron chi connectivity index (χ3n) is 3.89. The molecule has 6 nitrogen and oxygen atoms in total. The Kier molecular flexibility index (Phi) is 5.73. The van der Waals surface area contributed by atoms with Gasteiger partial charge in [-0.25, -0.2) is 4.68 Å². The lowest BCUT2D eigenvalue weighted by Crippen LogP contribution is -2.37. The molecule has 1 fully saturated rings. The highest BCUT2D eigenvalue weighted by Gasteiger charge is 2.22. The van der Waals surface area contributed by atoms with Crippen molar-refractivity contribution in [2.75, 3.05) is 6.54 Å². The molecule has 1 atom stereocenters. The van der Waals surface area contributed by atoms with E-state index >= 15 is 0 Å². The smallest absolute Gasteiger partial charge is 0.244 e. The zero-order chi connectivity index (χ0) is 15.2. The maximum absolute atomic E-state index is 12.2. The van der Waals surface area contributed by atoms with E-state index in [1.54, 1.807) is 4.68 Å². The van der Waals surface area contributed by atoms with Crippen LogP contribution < -0.4 is 10.6 Å². The fourth-order valence-electron chi connectivity index (χ4n) is 2.58. The summed E-state index contributed by atoms with van der Waals surface area (Å²) in [4.78, 5) is 12.2. The van der Waals surface area contributed by atoms with Gasteiger partial charge in [0, 0.05) is 12.6 Å². The van der Waals surface area contributed by atoms with Crippen molar-refractivity contribution in [3.05, 3.63) is 11.9 Å². The lowest BCUT2D eigenvalue weighted by Gasteiger charge is -2.16. The second-order valence-electron chi connectivity index (χ2n) is 6.38. The largest absolute Gasteiger partial charge is 0.352 e. The Morgan fingerprint density at radius 2 is 2.10 bits per heavy atom. The standard InChI is InChI=1S/C15H27N5O/c1-11(2)8-16-9-14-10-20(19-18-14)12(3)15(21)17-13-6-4-5-7-13/h10-13,16H,4-9H2,1-3H3,(H,17,21). The van der Waals surface area contributed by atoms with E-state index in [0.717, 1.165) is 25.1 Å². The number of hydrogen-bond acceptors (Lipinski definition) is 4. The molecule has 0 spiro atoms. The van der Waals surface area contributed by atoms with Crippen LogP contribution in [0, 0.1) is 5.92 Å². The molecule has 2 N–H and O–H groups in total. The quantitative estimate of drug-likeness (QED) is 0.802. The predicted molar refractivity (Wildman–Crippen MR) is 81.7 cm³/mol. The summed E-state index contributed by atoms with van der Waals surface area (Å²) in [5.41, 5.74) is 0.871. The van der Waals surface area contributed by atoms with Gasteiger partial charge in [0.05, 0.1) is 11.9 Å². The monoisotopic (exact) mass is 293 g/mol. The Hall–Kier alpha value is -1.43. The Labute approximate surface area is 126 Å². The van der Waals surface area contributed by atoms with Crippen molar-refractivity contribution in [2.45, 2.75) is 65.1 Å². The lowest BCUT2D eigenvalue weighted by atomic mass is 10.2. The van der Waals surface area contributed by atoms with E-state index in [1.807, 2.05) is 13.1 Å². The van der Waals surface area contributed by atoms with Gasteiger partial charge in [-0.2, -0.15) is 0 Å². The van der Waals surface area contributed by atoms with Crippen molar-refractivity contribution in [3.8, 4) is 0 Å². The first-order valence-electron chi connectivity index (χ1n) is 7.98. The van der Waals surface area contributed by atoms with Gasteiger partial charge in [0.15, 0.2) is 0 Å². The number of carbonyl (C=O) groups excluding carboxylic acids is 1. The molecular weight excluding hydrogens is 266 g/mol. The SMILES string of the molecule is CC(C)CNCc1cn(C(C)C(=O)NC2CCCC2)nn1. The number of rotatable bonds is 7. The predicted octanol–water partition coefficient (Wildman–Crippen LogP) is 1.64. The molecule has 1 heterocycles. The van der Waals surface area contributed by atoms with E-state index in [-0.39, 0.29) is 11.9 Å². The number of nitrogens with one attached hydrogen (secondary N) is 2. The third kappa shape index (κ3) is 4.81. The number of carbonyl (C=O) groups is 1. The van der Waals surface area contributed by atoms with Gasteiger partial charge in [0.2, 0.25) is 5.91 Å². The lowest BCUT2D eigenvalue weighted by molar-refractivity contribution is -0.124. The average molecular weight is 293 g/mol. The van der Waals surface area contributed by atoms with Crippen LogP contribution in [-0.2, 0) is 11.3 Å². The molecule has 0 aromatic carbocycles. The van der Waals surface area contributed by atoms with Crippen LogP contribution in [0.3, 0.4) is 0 Å². The minimum atomic E-state index is -0.308. The zero-order valence-electron chi connectivity index (χ0n) is 13.3. The molecule has 6 heteroatoms. The van der Waals surface area contributed by atoms with Gasteiger partial charge in [-0.3, -0.25) is 4.79 Å². The Balaban J connectivity index is 1.82. The molecule has 0 bridgehead atoms. The summed E-state index contributed by atoms with van der Waals surface area (Å²) < 4.78 is 1.65. The summed E-state index contributed by atoms with van der Waals surface area (Å²) in [6.07, 6.45) is 6.48. The second-order valence-corrected chi connectivity index (χ2v) is 6.38. The Morgan fingerprint density at radius 1 is 1.38 bits per heavy atom.